The van der Waals surface area contributed by atoms with Gasteiger partial charge in [0.15, 0.2) is 0 Å². The Hall–Kier alpha value is -1.22. The summed E-state index contributed by atoms with van der Waals surface area (Å²) in [6.07, 6.45) is 8.15. The summed E-state index contributed by atoms with van der Waals surface area (Å²) < 4.78 is 0. The van der Waals surface area contributed by atoms with E-state index in [-0.39, 0.29) is 43.1 Å². The molecule has 0 aliphatic carbocycles. The molecule has 0 radical (unpaired) electrons. The molecule has 6 heteroatoms. The summed E-state index contributed by atoms with van der Waals surface area (Å²) in [6.45, 7) is 8.67. The number of aliphatic hydroxyl groups is 1. The van der Waals surface area contributed by atoms with E-state index in [2.05, 4.69) is 48.2 Å². The average Bonchev–Trinajstić information content (AvgIpc) is 3.33. The van der Waals surface area contributed by atoms with Crippen molar-refractivity contribution in [3.63, 3.8) is 0 Å². The minimum absolute atomic E-state index is 0. The second kappa shape index (κ2) is 12.1. The first-order valence-electron chi connectivity index (χ1n) is 10.3. The van der Waals surface area contributed by atoms with Crippen molar-refractivity contribution in [2.45, 2.75) is 45.6 Å². The van der Waals surface area contributed by atoms with Crippen LogP contribution < -0.4 is 0 Å². The van der Waals surface area contributed by atoms with Gasteiger partial charge < -0.3 is 10.4 Å². The maximum absolute atomic E-state index is 9.23. The molecule has 0 saturated carbocycles. The van der Waals surface area contributed by atoms with Crippen LogP contribution in [0.5, 0.6) is 0 Å². The van der Waals surface area contributed by atoms with E-state index < -0.39 is 0 Å². The Balaban J connectivity index is 0.000000501. The summed E-state index contributed by atoms with van der Waals surface area (Å²) in [6, 6.07) is 11.8. The van der Waals surface area contributed by atoms with Gasteiger partial charge in [-0.15, -0.1) is 13.1 Å². The Bertz CT molecular complexity index is 977. The maximum Gasteiger partial charge on any atom is 0.0682 e. The molecule has 0 spiro atoms. The van der Waals surface area contributed by atoms with E-state index in [1.54, 1.807) is 12.3 Å². The molecule has 1 aliphatic heterocycles. The molecule has 2 aromatic heterocycles. The largest absolute Gasteiger partial charge is 0.662 e. The number of hydrogen-bond acceptors (Lipinski definition) is 3. The van der Waals surface area contributed by atoms with E-state index in [0.717, 1.165) is 46.6 Å². The zero-order chi connectivity index (χ0) is 21.6. The molecular formula is C25H29ClN3OU-. The van der Waals surface area contributed by atoms with Crippen LogP contribution in [0.25, 0.3) is 27.6 Å². The number of aromatic nitrogens is 2. The van der Waals surface area contributed by atoms with Gasteiger partial charge in [-0.1, -0.05) is 57.3 Å². The van der Waals surface area contributed by atoms with Crippen LogP contribution in [0, 0.1) is 31.1 Å². The second-order valence-electron chi connectivity index (χ2n) is 8.49. The maximum atomic E-state index is 9.23. The fourth-order valence-electron chi connectivity index (χ4n) is 3.22. The van der Waals surface area contributed by atoms with Crippen LogP contribution in [-0.2, 0) is 12.0 Å². The molecule has 1 fully saturated rings. The fourth-order valence-corrected chi connectivity index (χ4v) is 3.53. The van der Waals surface area contributed by atoms with Crippen molar-refractivity contribution in [2.75, 3.05) is 13.1 Å². The zero-order valence-corrected chi connectivity index (χ0v) is 23.3. The Labute approximate surface area is 214 Å². The molecule has 0 amide bonds. The molecule has 1 N–H and O–H groups in total. The Morgan fingerprint density at radius 3 is 2.26 bits per heavy atom. The van der Waals surface area contributed by atoms with Crippen molar-refractivity contribution in [2.24, 2.45) is 0 Å². The van der Waals surface area contributed by atoms with Gasteiger partial charge in [0.1, 0.15) is 0 Å². The summed E-state index contributed by atoms with van der Waals surface area (Å²) in [5.41, 5.74) is 5.77. The van der Waals surface area contributed by atoms with Gasteiger partial charge in [-0.3, -0.25) is 9.97 Å². The summed E-state index contributed by atoms with van der Waals surface area (Å²) >= 11 is 6.38. The van der Waals surface area contributed by atoms with E-state index in [1.807, 2.05) is 30.6 Å². The first-order chi connectivity index (χ1) is 14.4. The molecule has 31 heavy (non-hydrogen) atoms. The molecule has 4 nitrogen and oxygen atoms in total. The summed E-state index contributed by atoms with van der Waals surface area (Å²) in [5, 5.41) is 13.9. The van der Waals surface area contributed by atoms with E-state index in [9.17, 15) is 5.11 Å². The third kappa shape index (κ3) is 7.41. The van der Waals surface area contributed by atoms with Gasteiger partial charge >= 0.3 is 0 Å². The van der Waals surface area contributed by atoms with E-state index >= 15 is 0 Å². The van der Waals surface area contributed by atoms with Crippen LogP contribution >= 0.6 is 11.6 Å². The molecular weight excluding hydrogens is 632 g/mol. The van der Waals surface area contributed by atoms with Gasteiger partial charge in [0, 0.05) is 82.5 Å². The molecule has 0 unspecified atom stereocenters. The van der Waals surface area contributed by atoms with E-state index in [4.69, 9.17) is 11.6 Å². The molecule has 1 saturated heterocycles. The molecule has 3 heterocycles. The number of hydrogen-bond donors (Lipinski definition) is 1. The second-order valence-corrected chi connectivity index (χ2v) is 8.90. The molecule has 4 rings (SSSR count). The normalized spacial score (nSPS) is 13.2. The van der Waals surface area contributed by atoms with Gasteiger partial charge in [-0.2, -0.15) is 0 Å². The predicted octanol–water partition coefficient (Wildman–Crippen LogP) is 6.41. The van der Waals surface area contributed by atoms with Gasteiger partial charge in [0.2, 0.25) is 0 Å². The molecule has 1 aromatic carbocycles. The number of rotatable bonds is 3. The number of pyridine rings is 2. The van der Waals surface area contributed by atoms with Crippen molar-refractivity contribution < 1.29 is 36.2 Å². The molecule has 3 aromatic rings. The third-order valence-corrected chi connectivity index (χ3v) is 5.32. The third-order valence-electron chi connectivity index (χ3n) is 5.01. The zero-order valence-electron chi connectivity index (χ0n) is 18.4. The predicted molar refractivity (Wildman–Crippen MR) is 125 cm³/mol. The van der Waals surface area contributed by atoms with Crippen molar-refractivity contribution in [3.8, 4) is 22.3 Å². The van der Waals surface area contributed by atoms with E-state index in [0.29, 0.717) is 5.02 Å². The van der Waals surface area contributed by atoms with Crippen molar-refractivity contribution in [3.05, 3.63) is 76.6 Å². The standard InChI is InChI=1S/C21H21ClN2O.C4H8N.U/c1-21(2,3)20-10-15(6-7-24-20)16-9-17(12-23-11-16)18-5-4-14(13-25)8-19(18)22;1-2-4-5-3-1;/h4-12,25H,13H2,1-3H3;1-4H2;/q;-1;. The molecule has 162 valence electrons. The van der Waals surface area contributed by atoms with Crippen LogP contribution in [-0.4, -0.2) is 28.2 Å². The Morgan fingerprint density at radius 1 is 0.968 bits per heavy atom. The first-order valence-corrected chi connectivity index (χ1v) is 10.7. The number of aliphatic hydroxyl groups excluding tert-OH is 1. The quantitative estimate of drug-likeness (QED) is 0.354. The van der Waals surface area contributed by atoms with Crippen LogP contribution in [0.3, 0.4) is 0 Å². The van der Waals surface area contributed by atoms with Gasteiger partial charge in [-0.05, 0) is 35.4 Å². The van der Waals surface area contributed by atoms with Crippen LogP contribution in [0.2, 0.25) is 5.02 Å². The Morgan fingerprint density at radius 2 is 1.68 bits per heavy atom. The minimum atomic E-state index is -0.0229. The van der Waals surface area contributed by atoms with Crippen LogP contribution in [0.15, 0.2) is 55.0 Å². The molecule has 0 atom stereocenters. The van der Waals surface area contributed by atoms with Crippen molar-refractivity contribution in [1.82, 2.24) is 9.97 Å². The fraction of sp³-hybridized carbons (Fsp3) is 0.360. The van der Waals surface area contributed by atoms with Crippen LogP contribution in [0.1, 0.15) is 44.9 Å². The van der Waals surface area contributed by atoms with Crippen molar-refractivity contribution >= 4 is 11.6 Å². The SMILES string of the molecule is C1CC[N-]C1.CC(C)(C)c1cc(-c2cncc(-c3ccc(CO)cc3Cl)c2)ccn1.[U]. The topological polar surface area (TPSA) is 60.1 Å². The van der Waals surface area contributed by atoms with Gasteiger partial charge in [0.05, 0.1) is 6.61 Å². The minimum Gasteiger partial charge on any atom is -0.662 e. The Kier molecular flexibility index (Phi) is 10.2. The number of nitrogens with zero attached hydrogens (tertiary/aromatic N) is 3. The van der Waals surface area contributed by atoms with E-state index in [1.165, 1.54) is 12.8 Å². The monoisotopic (exact) mass is 660 g/mol. The number of benzene rings is 1. The van der Waals surface area contributed by atoms with Gasteiger partial charge in [-0.25, -0.2) is 0 Å². The van der Waals surface area contributed by atoms with Crippen molar-refractivity contribution in [1.29, 1.82) is 0 Å². The smallest absolute Gasteiger partial charge is 0.0682 e. The summed E-state index contributed by atoms with van der Waals surface area (Å²) in [4.78, 5) is 8.87. The summed E-state index contributed by atoms with van der Waals surface area (Å²) in [7, 11) is 0. The summed E-state index contributed by atoms with van der Waals surface area (Å²) in [5.74, 6) is 0. The van der Waals surface area contributed by atoms with Gasteiger partial charge in [0.25, 0.3) is 0 Å². The van der Waals surface area contributed by atoms with Crippen LogP contribution in [0.4, 0.5) is 0 Å². The average molecular weight is 661 g/mol. The molecule has 0 bridgehead atoms. The number of halogens is 1. The molecule has 1 aliphatic rings. The first kappa shape index (κ1) is 26.0.